The zero-order valence-corrected chi connectivity index (χ0v) is 24.4. The molecule has 1 amide bonds. The lowest BCUT2D eigenvalue weighted by molar-refractivity contribution is -0.129. The van der Waals surface area contributed by atoms with E-state index in [1.165, 1.54) is 0 Å². The first-order chi connectivity index (χ1) is 18.6. The summed E-state index contributed by atoms with van der Waals surface area (Å²) < 4.78 is 11.9. The first-order valence-electron chi connectivity index (χ1n) is 13.0. The van der Waals surface area contributed by atoms with Gasteiger partial charge in [-0.25, -0.2) is 0 Å². The molecule has 1 atom stereocenters. The quantitative estimate of drug-likeness (QED) is 0.155. The number of amides is 1. The fraction of sp³-hybridized carbons (Fsp3) is 0.323. The van der Waals surface area contributed by atoms with Crippen molar-refractivity contribution < 1.29 is 14.3 Å². The molecule has 3 aromatic carbocycles. The largest absolute Gasteiger partial charge is 0.359 e. The van der Waals surface area contributed by atoms with Crippen molar-refractivity contribution in [1.82, 2.24) is 10.2 Å². The Morgan fingerprint density at radius 3 is 2.53 bits per heavy atom. The Kier molecular flexibility index (Phi) is 9.17. The summed E-state index contributed by atoms with van der Waals surface area (Å²) in [5, 5.41) is 4.26. The SMILES string of the molecule is COCOC[C@H]1NCCC(c2cccc(-c3ccccc3)c2)=C1C(=O)N(Cc1cccc(I)c1Cl)C1CC1. The fourth-order valence-electron chi connectivity index (χ4n) is 5.07. The van der Waals surface area contributed by atoms with E-state index in [1.807, 2.05) is 41.3 Å². The zero-order valence-electron chi connectivity index (χ0n) is 21.5. The average Bonchev–Trinajstić information content (AvgIpc) is 3.79. The number of nitrogens with zero attached hydrogens (tertiary/aromatic N) is 1. The van der Waals surface area contributed by atoms with Crippen molar-refractivity contribution in [2.75, 3.05) is 27.1 Å². The van der Waals surface area contributed by atoms with Crippen molar-refractivity contribution in [3.05, 3.63) is 98.1 Å². The lowest BCUT2D eigenvalue weighted by Crippen LogP contribution is -2.47. The summed E-state index contributed by atoms with van der Waals surface area (Å²) >= 11 is 8.91. The highest BCUT2D eigenvalue weighted by molar-refractivity contribution is 14.1. The van der Waals surface area contributed by atoms with Crippen molar-refractivity contribution in [1.29, 1.82) is 0 Å². The number of halogens is 2. The third-order valence-corrected chi connectivity index (χ3v) is 8.76. The van der Waals surface area contributed by atoms with Gasteiger partial charge in [0, 0.05) is 28.8 Å². The number of hydrogen-bond acceptors (Lipinski definition) is 4. The maximum atomic E-state index is 14.5. The van der Waals surface area contributed by atoms with E-state index in [9.17, 15) is 4.79 Å². The number of ether oxygens (including phenoxy) is 2. The predicted molar refractivity (Wildman–Crippen MR) is 161 cm³/mol. The van der Waals surface area contributed by atoms with Crippen LogP contribution in [-0.2, 0) is 20.8 Å². The second-order valence-corrected chi connectivity index (χ2v) is 11.3. The summed E-state index contributed by atoms with van der Waals surface area (Å²) in [7, 11) is 1.61. The minimum Gasteiger partial charge on any atom is -0.359 e. The van der Waals surface area contributed by atoms with Crippen molar-refractivity contribution in [3.63, 3.8) is 0 Å². The molecular weight excluding hydrogens is 611 g/mol. The van der Waals surface area contributed by atoms with Gasteiger partial charge < -0.3 is 19.7 Å². The van der Waals surface area contributed by atoms with E-state index in [0.717, 1.165) is 67.8 Å². The minimum absolute atomic E-state index is 0.0563. The number of hydrogen-bond donors (Lipinski definition) is 1. The molecule has 38 heavy (non-hydrogen) atoms. The third-order valence-electron chi connectivity index (χ3n) is 7.09. The van der Waals surface area contributed by atoms with Gasteiger partial charge in [0.05, 0.1) is 17.7 Å². The molecule has 1 heterocycles. The maximum Gasteiger partial charge on any atom is 0.252 e. The molecule has 1 N–H and O–H groups in total. The Balaban J connectivity index is 1.55. The Morgan fingerprint density at radius 1 is 1.03 bits per heavy atom. The Morgan fingerprint density at radius 2 is 1.76 bits per heavy atom. The highest BCUT2D eigenvalue weighted by atomic mass is 127. The van der Waals surface area contributed by atoms with Crippen LogP contribution in [0, 0.1) is 3.57 Å². The molecule has 0 radical (unpaired) electrons. The first-order valence-corrected chi connectivity index (χ1v) is 14.4. The first kappa shape index (κ1) is 27.3. The molecule has 1 aliphatic heterocycles. The van der Waals surface area contributed by atoms with Gasteiger partial charge in [-0.05, 0) is 88.4 Å². The molecule has 0 bridgehead atoms. The molecule has 198 valence electrons. The van der Waals surface area contributed by atoms with Crippen LogP contribution in [0.25, 0.3) is 16.7 Å². The van der Waals surface area contributed by atoms with Crippen LogP contribution in [0.15, 0.2) is 78.4 Å². The molecule has 2 aliphatic rings. The monoisotopic (exact) mass is 642 g/mol. The van der Waals surface area contributed by atoms with Crippen molar-refractivity contribution in [2.24, 2.45) is 0 Å². The minimum atomic E-state index is -0.227. The molecule has 5 rings (SSSR count). The molecule has 0 spiro atoms. The van der Waals surface area contributed by atoms with Crippen LogP contribution in [0.3, 0.4) is 0 Å². The zero-order chi connectivity index (χ0) is 26.5. The second kappa shape index (κ2) is 12.7. The smallest absolute Gasteiger partial charge is 0.252 e. The molecule has 1 aliphatic carbocycles. The molecular formula is C31H32ClIN2O3. The number of rotatable bonds is 10. The molecule has 0 unspecified atom stereocenters. The maximum absolute atomic E-state index is 14.5. The van der Waals surface area contributed by atoms with Gasteiger partial charge in [-0.15, -0.1) is 0 Å². The van der Waals surface area contributed by atoms with Gasteiger partial charge in [0.25, 0.3) is 5.91 Å². The molecule has 0 aromatic heterocycles. The summed E-state index contributed by atoms with van der Waals surface area (Å²) in [5.41, 5.74) is 6.21. The number of nitrogens with one attached hydrogen (secondary N) is 1. The van der Waals surface area contributed by atoms with Crippen LogP contribution < -0.4 is 5.32 Å². The van der Waals surface area contributed by atoms with Crippen molar-refractivity contribution in [3.8, 4) is 11.1 Å². The molecule has 1 saturated carbocycles. The molecule has 0 saturated heterocycles. The summed E-state index contributed by atoms with van der Waals surface area (Å²) in [6.45, 7) is 1.81. The van der Waals surface area contributed by atoms with Gasteiger partial charge in [0.15, 0.2) is 0 Å². The molecule has 3 aromatic rings. The van der Waals surface area contributed by atoms with Crippen LogP contribution in [-0.4, -0.2) is 49.9 Å². The van der Waals surface area contributed by atoms with Crippen molar-refractivity contribution >= 4 is 45.7 Å². The van der Waals surface area contributed by atoms with E-state index in [1.54, 1.807) is 7.11 Å². The summed E-state index contributed by atoms with van der Waals surface area (Å²) in [6, 6.07) is 24.9. The van der Waals surface area contributed by atoms with E-state index in [-0.39, 0.29) is 24.8 Å². The van der Waals surface area contributed by atoms with E-state index < -0.39 is 0 Å². The van der Waals surface area contributed by atoms with Crippen LogP contribution in [0.4, 0.5) is 0 Å². The Labute approximate surface area is 243 Å². The number of carbonyl (C=O) groups excluding carboxylic acids is 1. The van der Waals surface area contributed by atoms with E-state index in [2.05, 4.69) is 64.3 Å². The standard InChI is InChI=1S/C31H32ClIN2O3/c1-37-20-38-19-28-29(31(36)35(25-13-14-25)18-24-11-6-12-27(33)30(24)32)26(15-16-34-28)23-10-5-9-22(17-23)21-7-3-2-4-8-21/h2-12,17,25,28,34H,13-16,18-20H2,1H3/t28-/m1/s1. The van der Waals surface area contributed by atoms with Crippen molar-refractivity contribution in [2.45, 2.75) is 37.9 Å². The lowest BCUT2D eigenvalue weighted by Gasteiger charge is -2.33. The number of carbonyl (C=O) groups is 1. The van der Waals surface area contributed by atoms with Crippen LogP contribution in [0.5, 0.6) is 0 Å². The highest BCUT2D eigenvalue weighted by Crippen LogP contribution is 2.36. The second-order valence-electron chi connectivity index (χ2n) is 9.75. The fourth-order valence-corrected chi connectivity index (χ4v) is 5.81. The lowest BCUT2D eigenvalue weighted by atomic mass is 9.87. The third kappa shape index (κ3) is 6.32. The van der Waals surface area contributed by atoms with Gasteiger partial charge in [0.2, 0.25) is 0 Å². The molecule has 1 fully saturated rings. The summed E-state index contributed by atoms with van der Waals surface area (Å²) in [4.78, 5) is 16.5. The summed E-state index contributed by atoms with van der Waals surface area (Å²) in [6.07, 6.45) is 2.79. The molecule has 5 nitrogen and oxygen atoms in total. The van der Waals surface area contributed by atoms with Crippen LogP contribution in [0.2, 0.25) is 5.02 Å². The average molecular weight is 643 g/mol. The van der Waals surface area contributed by atoms with Gasteiger partial charge in [-0.3, -0.25) is 4.79 Å². The van der Waals surface area contributed by atoms with Gasteiger partial charge in [-0.2, -0.15) is 0 Å². The van der Waals surface area contributed by atoms with Gasteiger partial charge in [0.1, 0.15) is 6.79 Å². The van der Waals surface area contributed by atoms with E-state index in [4.69, 9.17) is 21.1 Å². The van der Waals surface area contributed by atoms with E-state index >= 15 is 0 Å². The number of methoxy groups -OCH3 is 1. The van der Waals surface area contributed by atoms with Crippen LogP contribution >= 0.6 is 34.2 Å². The van der Waals surface area contributed by atoms with Gasteiger partial charge in [-0.1, -0.05) is 72.3 Å². The van der Waals surface area contributed by atoms with Gasteiger partial charge >= 0.3 is 0 Å². The highest BCUT2D eigenvalue weighted by Gasteiger charge is 2.38. The summed E-state index contributed by atoms with van der Waals surface area (Å²) in [5.74, 6) is 0.0563. The topological polar surface area (TPSA) is 50.8 Å². The number of benzene rings is 3. The van der Waals surface area contributed by atoms with Crippen LogP contribution in [0.1, 0.15) is 30.4 Å². The normalized spacial score (nSPS) is 17.5. The predicted octanol–water partition coefficient (Wildman–Crippen LogP) is 6.54. The Hall–Kier alpha value is -2.23. The Bertz CT molecular complexity index is 1310. The van der Waals surface area contributed by atoms with E-state index in [0.29, 0.717) is 13.2 Å². The molecule has 7 heteroatoms.